The maximum absolute atomic E-state index is 12.4. The molecular formula is C21H21N3O5. The van der Waals surface area contributed by atoms with Crippen LogP contribution in [0.25, 0.3) is 0 Å². The monoisotopic (exact) mass is 395 g/mol. The van der Waals surface area contributed by atoms with E-state index in [4.69, 9.17) is 9.47 Å². The van der Waals surface area contributed by atoms with Gasteiger partial charge in [0.15, 0.2) is 11.5 Å². The summed E-state index contributed by atoms with van der Waals surface area (Å²) in [5, 5.41) is 5.32. The minimum Gasteiger partial charge on any atom is -0.486 e. The fourth-order valence-corrected chi connectivity index (χ4v) is 3.33. The Morgan fingerprint density at radius 1 is 1.03 bits per heavy atom. The van der Waals surface area contributed by atoms with Crippen molar-refractivity contribution >= 4 is 29.1 Å². The van der Waals surface area contributed by atoms with Crippen LogP contribution in [-0.2, 0) is 9.59 Å². The molecule has 0 bridgehead atoms. The molecule has 2 aliphatic rings. The van der Waals surface area contributed by atoms with Crippen molar-refractivity contribution in [3.8, 4) is 11.5 Å². The van der Waals surface area contributed by atoms with Crippen LogP contribution in [-0.4, -0.2) is 44.0 Å². The first kappa shape index (κ1) is 18.8. The number of hydrogen-bond acceptors (Lipinski definition) is 5. The molecule has 8 heteroatoms. The SMILES string of the molecule is O=C(CNC(=O)c1cccc(N2CCCC2=O)c1)Nc1ccc2c(c1)OCCO2. The number of hydrogen-bond donors (Lipinski definition) is 2. The molecule has 0 aliphatic carbocycles. The summed E-state index contributed by atoms with van der Waals surface area (Å²) >= 11 is 0. The Kier molecular flexibility index (Phi) is 5.33. The summed E-state index contributed by atoms with van der Waals surface area (Å²) in [7, 11) is 0. The quantitative estimate of drug-likeness (QED) is 0.807. The molecule has 3 amide bonds. The standard InChI is InChI=1S/C21H21N3O5/c25-19(23-15-6-7-17-18(12-15)29-10-9-28-17)13-22-21(27)14-3-1-4-16(11-14)24-8-2-5-20(24)26/h1,3-4,6-7,11-12H,2,5,8-10,13H2,(H,22,27)(H,23,25). The Bertz CT molecular complexity index is 959. The highest BCUT2D eigenvalue weighted by Gasteiger charge is 2.22. The normalized spacial score (nSPS) is 15.2. The van der Waals surface area contributed by atoms with Gasteiger partial charge in [0.2, 0.25) is 11.8 Å². The van der Waals surface area contributed by atoms with Gasteiger partial charge in [-0.3, -0.25) is 14.4 Å². The average molecular weight is 395 g/mol. The number of benzene rings is 2. The fourth-order valence-electron chi connectivity index (χ4n) is 3.33. The Balaban J connectivity index is 1.33. The van der Waals surface area contributed by atoms with Crippen LogP contribution < -0.4 is 25.0 Å². The molecule has 2 heterocycles. The molecule has 0 radical (unpaired) electrons. The number of fused-ring (bicyclic) bond motifs is 1. The first-order valence-electron chi connectivity index (χ1n) is 9.48. The molecule has 0 atom stereocenters. The predicted octanol–water partition coefficient (Wildman–Crippen LogP) is 1.95. The molecular weight excluding hydrogens is 374 g/mol. The molecule has 0 saturated carbocycles. The third-order valence-corrected chi connectivity index (χ3v) is 4.73. The summed E-state index contributed by atoms with van der Waals surface area (Å²) in [5.74, 6) is 0.531. The zero-order chi connectivity index (χ0) is 20.2. The zero-order valence-corrected chi connectivity index (χ0v) is 15.8. The maximum Gasteiger partial charge on any atom is 0.251 e. The van der Waals surface area contributed by atoms with Crippen molar-refractivity contribution in [1.82, 2.24) is 5.32 Å². The Morgan fingerprint density at radius 3 is 2.66 bits per heavy atom. The fraction of sp³-hybridized carbons (Fsp3) is 0.286. The summed E-state index contributed by atoms with van der Waals surface area (Å²) in [6.07, 6.45) is 1.34. The Hall–Kier alpha value is -3.55. The van der Waals surface area contributed by atoms with Gasteiger partial charge in [-0.2, -0.15) is 0 Å². The van der Waals surface area contributed by atoms with E-state index in [2.05, 4.69) is 10.6 Å². The van der Waals surface area contributed by atoms with Gasteiger partial charge < -0.3 is 25.0 Å². The summed E-state index contributed by atoms with van der Waals surface area (Å²) in [4.78, 5) is 38.2. The van der Waals surface area contributed by atoms with Crippen molar-refractivity contribution in [2.45, 2.75) is 12.8 Å². The highest BCUT2D eigenvalue weighted by Crippen LogP contribution is 2.32. The topological polar surface area (TPSA) is 97.0 Å². The van der Waals surface area contributed by atoms with Gasteiger partial charge in [0.05, 0.1) is 6.54 Å². The van der Waals surface area contributed by atoms with Crippen LogP contribution in [0.15, 0.2) is 42.5 Å². The maximum atomic E-state index is 12.4. The summed E-state index contributed by atoms with van der Waals surface area (Å²) in [6.45, 7) is 1.43. The first-order chi connectivity index (χ1) is 14.1. The predicted molar refractivity (Wildman–Crippen MR) is 106 cm³/mol. The number of ether oxygens (including phenoxy) is 2. The zero-order valence-electron chi connectivity index (χ0n) is 15.8. The number of nitrogens with zero attached hydrogens (tertiary/aromatic N) is 1. The Morgan fingerprint density at radius 2 is 1.86 bits per heavy atom. The van der Waals surface area contributed by atoms with Gasteiger partial charge >= 0.3 is 0 Å². The van der Waals surface area contributed by atoms with Gasteiger partial charge in [0, 0.05) is 36.0 Å². The van der Waals surface area contributed by atoms with Crippen LogP contribution in [0, 0.1) is 0 Å². The minimum atomic E-state index is -0.379. The summed E-state index contributed by atoms with van der Waals surface area (Å²) < 4.78 is 10.9. The first-order valence-corrected chi connectivity index (χ1v) is 9.48. The molecule has 2 aliphatic heterocycles. The molecule has 2 aromatic carbocycles. The van der Waals surface area contributed by atoms with E-state index in [1.807, 2.05) is 0 Å². The lowest BCUT2D eigenvalue weighted by atomic mass is 10.1. The smallest absolute Gasteiger partial charge is 0.251 e. The van der Waals surface area contributed by atoms with Gasteiger partial charge in [-0.1, -0.05) is 6.07 Å². The van der Waals surface area contributed by atoms with Crippen molar-refractivity contribution in [3.05, 3.63) is 48.0 Å². The van der Waals surface area contributed by atoms with E-state index in [-0.39, 0.29) is 24.3 Å². The molecule has 150 valence electrons. The minimum absolute atomic E-state index is 0.0568. The van der Waals surface area contributed by atoms with Crippen LogP contribution in [0.3, 0.4) is 0 Å². The van der Waals surface area contributed by atoms with E-state index in [1.54, 1.807) is 47.4 Å². The highest BCUT2D eigenvalue weighted by molar-refractivity contribution is 6.01. The lowest BCUT2D eigenvalue weighted by molar-refractivity contribution is -0.117. The molecule has 1 saturated heterocycles. The van der Waals surface area contributed by atoms with Crippen molar-refractivity contribution in [3.63, 3.8) is 0 Å². The Labute approximate surface area is 167 Å². The van der Waals surface area contributed by atoms with Gasteiger partial charge in [-0.05, 0) is 36.8 Å². The van der Waals surface area contributed by atoms with Gasteiger partial charge in [0.1, 0.15) is 13.2 Å². The molecule has 0 spiro atoms. The number of anilines is 2. The largest absolute Gasteiger partial charge is 0.486 e. The molecule has 0 aromatic heterocycles. The van der Waals surface area contributed by atoms with Crippen molar-refractivity contribution < 1.29 is 23.9 Å². The van der Waals surface area contributed by atoms with Crippen molar-refractivity contribution in [2.24, 2.45) is 0 Å². The van der Waals surface area contributed by atoms with E-state index in [9.17, 15) is 14.4 Å². The molecule has 2 N–H and O–H groups in total. The second-order valence-electron chi connectivity index (χ2n) is 6.79. The van der Waals surface area contributed by atoms with Gasteiger partial charge in [0.25, 0.3) is 5.91 Å². The van der Waals surface area contributed by atoms with Crippen molar-refractivity contribution in [2.75, 3.05) is 36.5 Å². The lowest BCUT2D eigenvalue weighted by Gasteiger charge is -2.19. The third-order valence-electron chi connectivity index (χ3n) is 4.73. The van der Waals surface area contributed by atoms with Crippen LogP contribution in [0.4, 0.5) is 11.4 Å². The molecule has 1 fully saturated rings. The van der Waals surface area contributed by atoms with E-state index < -0.39 is 0 Å². The lowest BCUT2D eigenvalue weighted by Crippen LogP contribution is -2.33. The average Bonchev–Trinajstić information content (AvgIpc) is 3.18. The van der Waals surface area contributed by atoms with Crippen LogP contribution in [0.2, 0.25) is 0 Å². The van der Waals surface area contributed by atoms with Gasteiger partial charge in [-0.15, -0.1) is 0 Å². The third kappa shape index (κ3) is 4.31. The second kappa shape index (κ2) is 8.22. The molecule has 4 rings (SSSR count). The highest BCUT2D eigenvalue weighted by atomic mass is 16.6. The van der Waals surface area contributed by atoms with Crippen LogP contribution in [0.1, 0.15) is 23.2 Å². The van der Waals surface area contributed by atoms with Crippen LogP contribution in [0.5, 0.6) is 11.5 Å². The van der Waals surface area contributed by atoms with E-state index in [0.717, 1.165) is 6.42 Å². The summed E-state index contributed by atoms with van der Waals surface area (Å²) in [5.41, 5.74) is 1.65. The van der Waals surface area contributed by atoms with Crippen molar-refractivity contribution in [1.29, 1.82) is 0 Å². The number of amides is 3. The number of nitrogens with one attached hydrogen (secondary N) is 2. The van der Waals surface area contributed by atoms with E-state index in [0.29, 0.717) is 54.6 Å². The summed E-state index contributed by atoms with van der Waals surface area (Å²) in [6, 6.07) is 12.0. The molecule has 2 aromatic rings. The number of rotatable bonds is 5. The van der Waals surface area contributed by atoms with Gasteiger partial charge in [-0.25, -0.2) is 0 Å². The second-order valence-corrected chi connectivity index (χ2v) is 6.79. The van der Waals surface area contributed by atoms with Crippen LogP contribution >= 0.6 is 0 Å². The molecule has 29 heavy (non-hydrogen) atoms. The number of carbonyl (C=O) groups excluding carboxylic acids is 3. The van der Waals surface area contributed by atoms with E-state index in [1.165, 1.54) is 0 Å². The molecule has 0 unspecified atom stereocenters. The number of carbonyl (C=O) groups is 3. The van der Waals surface area contributed by atoms with E-state index >= 15 is 0 Å². The molecule has 8 nitrogen and oxygen atoms in total.